The van der Waals surface area contributed by atoms with E-state index in [1.54, 1.807) is 19.2 Å². The second kappa shape index (κ2) is 13.0. The van der Waals surface area contributed by atoms with Gasteiger partial charge in [-0.3, -0.25) is 4.79 Å². The van der Waals surface area contributed by atoms with E-state index < -0.39 is 0 Å². The first kappa shape index (κ1) is 21.8. The minimum Gasteiger partial charge on any atom is -0.493 e. The Hall–Kier alpha value is -1.27. The maximum absolute atomic E-state index is 12.5. The molecule has 0 heterocycles. The number of hydrogen-bond acceptors (Lipinski definition) is 4. The molecule has 1 amide bonds. The van der Waals surface area contributed by atoms with E-state index in [9.17, 15) is 4.79 Å². The SMILES string of the molecule is CCCCOc1cc(OCCCC)c(C(=O)NCCCOC)cc1Br. The smallest absolute Gasteiger partial charge is 0.255 e. The fraction of sp³-hybridized carbons (Fsp3) is 0.632. The van der Waals surface area contributed by atoms with Crippen molar-refractivity contribution in [3.8, 4) is 11.5 Å². The quantitative estimate of drug-likeness (QED) is 0.479. The Balaban J connectivity index is 2.87. The summed E-state index contributed by atoms with van der Waals surface area (Å²) in [5, 5.41) is 2.90. The van der Waals surface area contributed by atoms with Gasteiger partial charge in [0, 0.05) is 26.3 Å². The standard InChI is InChI=1S/C19H30BrNO4/c1-4-6-11-24-17-14-18(25-12-7-5-2)16(20)13-15(17)19(22)21-9-8-10-23-3/h13-14H,4-12H2,1-3H3,(H,21,22). The van der Waals surface area contributed by atoms with Crippen LogP contribution in [0, 0.1) is 0 Å². The Kier molecular flexibility index (Phi) is 11.3. The van der Waals surface area contributed by atoms with Crippen molar-refractivity contribution in [1.82, 2.24) is 5.32 Å². The van der Waals surface area contributed by atoms with Gasteiger partial charge in [0.25, 0.3) is 5.91 Å². The molecule has 1 N–H and O–H groups in total. The highest BCUT2D eigenvalue weighted by atomic mass is 79.9. The summed E-state index contributed by atoms with van der Waals surface area (Å²) in [6.07, 6.45) is 4.80. The van der Waals surface area contributed by atoms with Crippen LogP contribution in [0.3, 0.4) is 0 Å². The van der Waals surface area contributed by atoms with Crippen LogP contribution in [-0.2, 0) is 4.74 Å². The van der Waals surface area contributed by atoms with Gasteiger partial charge in [-0.2, -0.15) is 0 Å². The molecule has 1 aromatic rings. The van der Waals surface area contributed by atoms with Crippen molar-refractivity contribution in [3.63, 3.8) is 0 Å². The number of amides is 1. The van der Waals surface area contributed by atoms with Crippen LogP contribution in [0.2, 0.25) is 0 Å². The lowest BCUT2D eigenvalue weighted by molar-refractivity contribution is 0.0944. The lowest BCUT2D eigenvalue weighted by atomic mass is 10.1. The Morgan fingerprint density at radius 2 is 1.64 bits per heavy atom. The first-order chi connectivity index (χ1) is 12.1. The number of carbonyl (C=O) groups is 1. The molecule has 0 bridgehead atoms. The first-order valence-corrected chi connectivity index (χ1v) is 9.79. The van der Waals surface area contributed by atoms with Crippen molar-refractivity contribution in [3.05, 3.63) is 22.2 Å². The fourth-order valence-corrected chi connectivity index (χ4v) is 2.57. The second-order valence-electron chi connectivity index (χ2n) is 5.79. The number of benzene rings is 1. The summed E-state index contributed by atoms with van der Waals surface area (Å²) in [4.78, 5) is 12.5. The molecule has 0 saturated heterocycles. The van der Waals surface area contributed by atoms with E-state index in [1.165, 1.54) is 0 Å². The number of unbranched alkanes of at least 4 members (excludes halogenated alkanes) is 2. The summed E-state index contributed by atoms with van der Waals surface area (Å²) in [6.45, 7) is 6.63. The number of ether oxygens (including phenoxy) is 3. The van der Waals surface area contributed by atoms with Crippen molar-refractivity contribution in [2.75, 3.05) is 33.5 Å². The topological polar surface area (TPSA) is 56.8 Å². The Labute approximate surface area is 159 Å². The molecule has 1 rings (SSSR count). The van der Waals surface area contributed by atoms with Crippen LogP contribution >= 0.6 is 15.9 Å². The van der Waals surface area contributed by atoms with Gasteiger partial charge in [0.05, 0.1) is 23.2 Å². The van der Waals surface area contributed by atoms with Gasteiger partial charge in [0.1, 0.15) is 11.5 Å². The van der Waals surface area contributed by atoms with Gasteiger partial charge >= 0.3 is 0 Å². The van der Waals surface area contributed by atoms with E-state index in [4.69, 9.17) is 14.2 Å². The normalized spacial score (nSPS) is 10.6. The molecule has 0 aromatic heterocycles. The molecule has 25 heavy (non-hydrogen) atoms. The zero-order chi connectivity index (χ0) is 18.5. The number of rotatable bonds is 13. The largest absolute Gasteiger partial charge is 0.493 e. The van der Waals surface area contributed by atoms with E-state index in [2.05, 4.69) is 35.1 Å². The average molecular weight is 416 g/mol. The molecule has 0 atom stereocenters. The van der Waals surface area contributed by atoms with Gasteiger partial charge in [-0.1, -0.05) is 26.7 Å². The van der Waals surface area contributed by atoms with Crippen molar-refractivity contribution >= 4 is 21.8 Å². The Morgan fingerprint density at radius 1 is 1.00 bits per heavy atom. The molecule has 0 fully saturated rings. The summed E-state index contributed by atoms with van der Waals surface area (Å²) in [7, 11) is 1.65. The predicted octanol–water partition coefficient (Wildman–Crippen LogP) is 4.57. The van der Waals surface area contributed by atoms with Crippen molar-refractivity contribution in [2.24, 2.45) is 0 Å². The second-order valence-corrected chi connectivity index (χ2v) is 6.64. The fourth-order valence-electron chi connectivity index (χ4n) is 2.11. The molecule has 0 radical (unpaired) electrons. The summed E-state index contributed by atoms with van der Waals surface area (Å²) in [5.41, 5.74) is 0.517. The van der Waals surface area contributed by atoms with Gasteiger partial charge < -0.3 is 19.5 Å². The van der Waals surface area contributed by atoms with Gasteiger partial charge in [-0.05, 0) is 41.3 Å². The van der Waals surface area contributed by atoms with Crippen LogP contribution in [0.15, 0.2) is 16.6 Å². The third-order valence-corrected chi connectivity index (χ3v) is 4.22. The van der Waals surface area contributed by atoms with Crippen molar-refractivity contribution < 1.29 is 19.0 Å². The average Bonchev–Trinajstić information content (AvgIpc) is 2.61. The summed E-state index contributed by atoms with van der Waals surface area (Å²) >= 11 is 3.50. The van der Waals surface area contributed by atoms with Crippen LogP contribution in [-0.4, -0.2) is 39.4 Å². The Morgan fingerprint density at radius 3 is 2.24 bits per heavy atom. The molecule has 1 aromatic carbocycles. The molecular weight excluding hydrogens is 386 g/mol. The molecule has 0 aliphatic carbocycles. The van der Waals surface area contributed by atoms with Crippen LogP contribution < -0.4 is 14.8 Å². The highest BCUT2D eigenvalue weighted by molar-refractivity contribution is 9.10. The maximum Gasteiger partial charge on any atom is 0.255 e. The van der Waals surface area contributed by atoms with E-state index in [0.717, 1.165) is 36.6 Å². The van der Waals surface area contributed by atoms with Crippen molar-refractivity contribution in [1.29, 1.82) is 0 Å². The number of halogens is 1. The lowest BCUT2D eigenvalue weighted by Crippen LogP contribution is -2.26. The first-order valence-electron chi connectivity index (χ1n) is 9.00. The van der Waals surface area contributed by atoms with E-state index in [1.807, 2.05) is 0 Å². The summed E-state index contributed by atoms with van der Waals surface area (Å²) < 4.78 is 17.4. The number of carbonyl (C=O) groups excluding carboxylic acids is 1. The monoisotopic (exact) mass is 415 g/mol. The highest BCUT2D eigenvalue weighted by Gasteiger charge is 2.17. The molecule has 5 nitrogen and oxygen atoms in total. The third kappa shape index (κ3) is 8.10. The van der Waals surface area contributed by atoms with Gasteiger partial charge in [0.2, 0.25) is 0 Å². The molecule has 6 heteroatoms. The van der Waals surface area contributed by atoms with Crippen LogP contribution in [0.25, 0.3) is 0 Å². The van der Waals surface area contributed by atoms with Gasteiger partial charge in [0.15, 0.2) is 0 Å². The number of methoxy groups -OCH3 is 1. The van der Waals surface area contributed by atoms with E-state index in [-0.39, 0.29) is 5.91 Å². The van der Waals surface area contributed by atoms with E-state index in [0.29, 0.717) is 43.4 Å². The molecule has 0 saturated carbocycles. The van der Waals surface area contributed by atoms with Crippen LogP contribution in [0.4, 0.5) is 0 Å². The molecule has 0 spiro atoms. The highest BCUT2D eigenvalue weighted by Crippen LogP contribution is 2.33. The zero-order valence-corrected chi connectivity index (χ0v) is 17.1. The maximum atomic E-state index is 12.5. The van der Waals surface area contributed by atoms with E-state index >= 15 is 0 Å². The molecule has 0 unspecified atom stereocenters. The van der Waals surface area contributed by atoms with Gasteiger partial charge in [-0.15, -0.1) is 0 Å². The molecule has 142 valence electrons. The molecular formula is C19H30BrNO4. The zero-order valence-electron chi connectivity index (χ0n) is 15.5. The predicted molar refractivity (Wildman–Crippen MR) is 104 cm³/mol. The Bertz CT molecular complexity index is 522. The minimum absolute atomic E-state index is 0.150. The number of hydrogen-bond donors (Lipinski definition) is 1. The number of nitrogens with one attached hydrogen (secondary N) is 1. The third-order valence-electron chi connectivity index (χ3n) is 3.60. The van der Waals surface area contributed by atoms with Crippen molar-refractivity contribution in [2.45, 2.75) is 46.0 Å². The molecule has 0 aliphatic heterocycles. The van der Waals surface area contributed by atoms with Crippen LogP contribution in [0.5, 0.6) is 11.5 Å². The summed E-state index contributed by atoms with van der Waals surface area (Å²) in [5.74, 6) is 1.12. The molecule has 0 aliphatic rings. The van der Waals surface area contributed by atoms with Gasteiger partial charge in [-0.25, -0.2) is 0 Å². The minimum atomic E-state index is -0.150. The lowest BCUT2D eigenvalue weighted by Gasteiger charge is -2.15. The summed E-state index contributed by atoms with van der Waals surface area (Å²) in [6, 6.07) is 3.58. The van der Waals surface area contributed by atoms with Crippen LogP contribution in [0.1, 0.15) is 56.3 Å².